The predicted octanol–water partition coefficient (Wildman–Crippen LogP) is 4.63. The number of fused-ring (bicyclic) bond motifs is 2. The highest BCUT2D eigenvalue weighted by molar-refractivity contribution is 6.71. The van der Waals surface area contributed by atoms with Crippen LogP contribution in [0.1, 0.15) is 35.0 Å². The van der Waals surface area contributed by atoms with Gasteiger partial charge in [-0.1, -0.05) is 48.5 Å². The summed E-state index contributed by atoms with van der Waals surface area (Å²) >= 11 is 0. The zero-order chi connectivity index (χ0) is 31.1. The van der Waals surface area contributed by atoms with Crippen molar-refractivity contribution in [3.05, 3.63) is 102 Å². The first-order chi connectivity index (χ1) is 21.1. The summed E-state index contributed by atoms with van der Waals surface area (Å²) in [6.07, 6.45) is 2.30. The zero-order valence-corrected chi connectivity index (χ0v) is 26.1. The van der Waals surface area contributed by atoms with Crippen LogP contribution in [0.3, 0.4) is 0 Å². The number of para-hydroxylation sites is 1. The minimum Gasteiger partial charge on any atom is -0.432 e. The third-order valence-electron chi connectivity index (χ3n) is 8.80. The van der Waals surface area contributed by atoms with Crippen LogP contribution in [0.2, 0.25) is 18.6 Å². The van der Waals surface area contributed by atoms with Crippen LogP contribution < -0.4 is 10.2 Å². The number of aromatic nitrogens is 3. The van der Waals surface area contributed by atoms with Gasteiger partial charge in [0.05, 0.1) is 17.5 Å². The van der Waals surface area contributed by atoms with Gasteiger partial charge in [-0.25, -0.2) is 0 Å². The lowest BCUT2D eigenvalue weighted by atomic mass is 9.82. The molecule has 44 heavy (non-hydrogen) atoms. The van der Waals surface area contributed by atoms with Gasteiger partial charge in [-0.05, 0) is 62.0 Å². The Balaban J connectivity index is 1.40. The molecule has 2 amide bonds. The van der Waals surface area contributed by atoms with E-state index in [9.17, 15) is 19.5 Å². The average molecular weight is 612 g/mol. The molecule has 4 atom stereocenters. The van der Waals surface area contributed by atoms with E-state index < -0.39 is 20.0 Å². The molecular weight excluding hydrogens is 574 g/mol. The smallest absolute Gasteiger partial charge is 0.268 e. The van der Waals surface area contributed by atoms with Gasteiger partial charge in [0.25, 0.3) is 11.8 Å². The standard InChI is InChI=1S/C33H37N5O5Si/c1-22-30(44(2,3)42)29(16-18-37-21-25(17-19-39)35-36-37)43-33(22)27-20-24(34-31(40)23-10-6-4-7-11-23)14-15-28(27)38(32(33)41)26-12-8-5-9-13-26/h4-15,20-22,29-30,39,42H,16-19H2,1-3H3,(H,34,40)/t22-,29+,30-,33+/m0/s1. The minimum absolute atomic E-state index is 0.00986. The molecule has 4 aromatic rings. The van der Waals surface area contributed by atoms with Crippen molar-refractivity contribution < 1.29 is 24.2 Å². The Hall–Kier alpha value is -4.16. The fourth-order valence-electron chi connectivity index (χ4n) is 6.91. The second kappa shape index (κ2) is 11.7. The Morgan fingerprint density at radius 2 is 1.77 bits per heavy atom. The number of anilines is 3. The van der Waals surface area contributed by atoms with Crippen molar-refractivity contribution in [3.8, 4) is 0 Å². The highest BCUT2D eigenvalue weighted by Crippen LogP contribution is 2.61. The number of nitrogens with zero attached hydrogens (tertiary/aromatic N) is 4. The Labute approximate surface area is 257 Å². The number of nitrogens with one attached hydrogen (secondary N) is 1. The summed E-state index contributed by atoms with van der Waals surface area (Å²) in [4.78, 5) is 41.1. The molecule has 0 unspecified atom stereocenters. The fraction of sp³-hybridized carbons (Fsp3) is 0.333. The van der Waals surface area contributed by atoms with Crippen molar-refractivity contribution in [3.63, 3.8) is 0 Å². The maximum absolute atomic E-state index is 14.7. The van der Waals surface area contributed by atoms with Gasteiger partial charge in [0.15, 0.2) is 13.9 Å². The molecule has 0 bridgehead atoms. The Kier molecular flexibility index (Phi) is 7.97. The van der Waals surface area contributed by atoms with Crippen molar-refractivity contribution in [2.24, 2.45) is 5.92 Å². The first-order valence-corrected chi connectivity index (χ1v) is 18.0. The molecule has 2 aliphatic rings. The quantitative estimate of drug-likeness (QED) is 0.235. The molecule has 1 aromatic heterocycles. The number of aryl methyl sites for hydroxylation is 1. The highest BCUT2D eigenvalue weighted by atomic mass is 28.4. The summed E-state index contributed by atoms with van der Waals surface area (Å²) in [5.74, 6) is -0.827. The van der Waals surface area contributed by atoms with E-state index in [1.807, 2.05) is 80.7 Å². The van der Waals surface area contributed by atoms with Crippen LogP contribution in [0.25, 0.3) is 0 Å². The summed E-state index contributed by atoms with van der Waals surface area (Å²) in [5.41, 5.74) is 2.21. The first kappa shape index (κ1) is 29.9. The molecule has 3 heterocycles. The zero-order valence-electron chi connectivity index (χ0n) is 25.1. The Bertz CT molecular complexity index is 1660. The van der Waals surface area contributed by atoms with Gasteiger partial charge >= 0.3 is 0 Å². The predicted molar refractivity (Wildman–Crippen MR) is 169 cm³/mol. The number of aliphatic hydroxyl groups excluding tert-OH is 1. The lowest BCUT2D eigenvalue weighted by molar-refractivity contribution is -0.145. The molecule has 0 saturated carbocycles. The van der Waals surface area contributed by atoms with Gasteiger partial charge < -0.3 is 20.0 Å². The summed E-state index contributed by atoms with van der Waals surface area (Å²) in [7, 11) is -2.87. The topological polar surface area (TPSA) is 130 Å². The molecule has 3 aromatic carbocycles. The van der Waals surface area contributed by atoms with Crippen molar-refractivity contribution in [1.82, 2.24) is 15.0 Å². The molecule has 11 heteroatoms. The molecular formula is C33H37N5O5Si. The van der Waals surface area contributed by atoms with E-state index in [0.717, 1.165) is 0 Å². The summed E-state index contributed by atoms with van der Waals surface area (Å²) < 4.78 is 8.65. The van der Waals surface area contributed by atoms with Crippen LogP contribution in [-0.4, -0.2) is 57.7 Å². The second-order valence-corrected chi connectivity index (χ2v) is 16.1. The highest BCUT2D eigenvalue weighted by Gasteiger charge is 2.66. The maximum atomic E-state index is 14.7. The SMILES string of the molecule is C[C@H]1[C@H]([Si](C)(C)O)[C@@H](CCn2cc(CCO)nn2)O[C@]12C(=O)N(c1ccccc1)c1ccc(NC(=O)c3ccccc3)cc12. The average Bonchev–Trinajstić information content (AvgIpc) is 3.66. The molecule has 6 rings (SSSR count). The largest absolute Gasteiger partial charge is 0.432 e. The van der Waals surface area contributed by atoms with Gasteiger partial charge in [0.2, 0.25) is 0 Å². The molecule has 1 spiro atoms. The molecule has 228 valence electrons. The molecule has 0 aliphatic carbocycles. The van der Waals surface area contributed by atoms with Gasteiger partial charge in [-0.3, -0.25) is 19.2 Å². The molecule has 0 radical (unpaired) electrons. The van der Waals surface area contributed by atoms with E-state index >= 15 is 0 Å². The Morgan fingerprint density at radius 1 is 1.07 bits per heavy atom. The van der Waals surface area contributed by atoms with Crippen LogP contribution in [0.5, 0.6) is 0 Å². The van der Waals surface area contributed by atoms with E-state index in [1.54, 1.807) is 34.0 Å². The molecule has 1 saturated heterocycles. The van der Waals surface area contributed by atoms with Crippen LogP contribution in [0, 0.1) is 5.92 Å². The van der Waals surface area contributed by atoms with Gasteiger partial charge in [-0.15, -0.1) is 5.10 Å². The monoisotopic (exact) mass is 611 g/mol. The van der Waals surface area contributed by atoms with Crippen molar-refractivity contribution in [1.29, 1.82) is 0 Å². The van der Waals surface area contributed by atoms with Crippen LogP contribution >= 0.6 is 0 Å². The van der Waals surface area contributed by atoms with Gasteiger partial charge in [0, 0.05) is 59.7 Å². The molecule has 3 N–H and O–H groups in total. The maximum Gasteiger partial charge on any atom is 0.268 e. The fourth-order valence-corrected chi connectivity index (χ4v) is 9.52. The second-order valence-electron chi connectivity index (χ2n) is 12.1. The molecule has 1 fully saturated rings. The third kappa shape index (κ3) is 5.26. The summed E-state index contributed by atoms with van der Waals surface area (Å²) in [5, 5.41) is 20.6. The first-order valence-electron chi connectivity index (χ1n) is 14.9. The van der Waals surface area contributed by atoms with Crippen LogP contribution in [0.15, 0.2) is 85.1 Å². The number of hydrogen-bond acceptors (Lipinski definition) is 7. The Morgan fingerprint density at radius 3 is 2.45 bits per heavy atom. The number of carbonyl (C=O) groups is 2. The molecule has 10 nitrogen and oxygen atoms in total. The van der Waals surface area contributed by atoms with Crippen molar-refractivity contribution >= 4 is 37.2 Å². The summed E-state index contributed by atoms with van der Waals surface area (Å²) in [6.45, 7) is 6.25. The number of rotatable bonds is 9. The van der Waals surface area contributed by atoms with E-state index in [2.05, 4.69) is 15.6 Å². The lowest BCUT2D eigenvalue weighted by Crippen LogP contribution is -2.45. The van der Waals surface area contributed by atoms with Gasteiger partial charge in [0.1, 0.15) is 0 Å². The third-order valence-corrected chi connectivity index (χ3v) is 11.3. The van der Waals surface area contributed by atoms with E-state index in [4.69, 9.17) is 4.74 Å². The minimum atomic E-state index is -2.87. The number of hydrogen-bond donors (Lipinski definition) is 3. The van der Waals surface area contributed by atoms with Crippen molar-refractivity contribution in [2.45, 2.75) is 56.7 Å². The van der Waals surface area contributed by atoms with Crippen LogP contribution in [-0.2, 0) is 28.1 Å². The van der Waals surface area contributed by atoms with Crippen molar-refractivity contribution in [2.75, 3.05) is 16.8 Å². The number of amides is 2. The van der Waals surface area contributed by atoms with Gasteiger partial charge in [-0.2, -0.15) is 0 Å². The van der Waals surface area contributed by atoms with E-state index in [-0.39, 0.29) is 29.9 Å². The van der Waals surface area contributed by atoms with E-state index in [0.29, 0.717) is 53.3 Å². The van der Waals surface area contributed by atoms with E-state index in [1.165, 1.54) is 0 Å². The normalized spacial score (nSPS) is 22.9. The number of benzene rings is 3. The number of ether oxygens (including phenoxy) is 1. The summed E-state index contributed by atoms with van der Waals surface area (Å²) in [6, 6.07) is 23.9. The number of carbonyl (C=O) groups excluding carboxylic acids is 2. The van der Waals surface area contributed by atoms with Crippen LogP contribution in [0.4, 0.5) is 17.1 Å². The molecule has 2 aliphatic heterocycles. The lowest BCUT2D eigenvalue weighted by Gasteiger charge is -2.32. The number of aliphatic hydroxyl groups is 1.